The molecule has 28 heavy (non-hydrogen) atoms. The van der Waals surface area contributed by atoms with Gasteiger partial charge in [0.25, 0.3) is 5.91 Å². The van der Waals surface area contributed by atoms with Crippen molar-refractivity contribution < 1.29 is 4.79 Å². The number of amides is 1. The average Bonchev–Trinajstić information content (AvgIpc) is 3.38. The van der Waals surface area contributed by atoms with Crippen molar-refractivity contribution in [3.63, 3.8) is 0 Å². The van der Waals surface area contributed by atoms with Crippen molar-refractivity contribution in [3.05, 3.63) is 65.2 Å². The van der Waals surface area contributed by atoms with E-state index in [-0.39, 0.29) is 5.91 Å². The molecule has 4 heteroatoms. The number of likely N-dealkylation sites (N-methyl/N-ethyl adjacent to an activating group) is 1. The van der Waals surface area contributed by atoms with Crippen molar-refractivity contribution in [1.82, 2.24) is 9.80 Å². The summed E-state index contributed by atoms with van der Waals surface area (Å²) >= 11 is 0. The van der Waals surface area contributed by atoms with Crippen LogP contribution in [0.25, 0.3) is 0 Å². The maximum absolute atomic E-state index is 13.2. The summed E-state index contributed by atoms with van der Waals surface area (Å²) < 4.78 is 0. The first-order chi connectivity index (χ1) is 13.5. The van der Waals surface area contributed by atoms with Gasteiger partial charge in [-0.2, -0.15) is 0 Å². The Kier molecular flexibility index (Phi) is 5.40. The zero-order chi connectivity index (χ0) is 19.7. The van der Waals surface area contributed by atoms with E-state index in [1.165, 1.54) is 29.7 Å². The second-order valence-electron chi connectivity index (χ2n) is 8.50. The molecule has 2 aromatic rings. The number of carbonyl (C=O) groups is 1. The number of hydrogen-bond donors (Lipinski definition) is 0. The first kappa shape index (κ1) is 19.0. The van der Waals surface area contributed by atoms with Crippen LogP contribution in [0.1, 0.15) is 40.2 Å². The van der Waals surface area contributed by atoms with Gasteiger partial charge in [-0.15, -0.1) is 0 Å². The van der Waals surface area contributed by atoms with Gasteiger partial charge in [0.05, 0.1) is 0 Å². The normalized spacial score (nSPS) is 22.3. The van der Waals surface area contributed by atoms with E-state index in [0.29, 0.717) is 12.0 Å². The van der Waals surface area contributed by atoms with Gasteiger partial charge in [0.1, 0.15) is 0 Å². The quantitative estimate of drug-likeness (QED) is 0.812. The number of anilines is 1. The molecule has 0 aliphatic carbocycles. The molecule has 2 fully saturated rings. The fourth-order valence-corrected chi connectivity index (χ4v) is 4.59. The van der Waals surface area contributed by atoms with Crippen LogP contribution in [0, 0.1) is 6.92 Å². The minimum atomic E-state index is 0.148. The monoisotopic (exact) mass is 377 g/mol. The minimum absolute atomic E-state index is 0.148. The summed E-state index contributed by atoms with van der Waals surface area (Å²) in [5.74, 6) is 0.498. The summed E-state index contributed by atoms with van der Waals surface area (Å²) in [4.78, 5) is 19.9. The summed E-state index contributed by atoms with van der Waals surface area (Å²) in [6.45, 7) is 5.92. The highest BCUT2D eigenvalue weighted by Crippen LogP contribution is 2.31. The van der Waals surface area contributed by atoms with Crippen molar-refractivity contribution in [2.24, 2.45) is 0 Å². The molecule has 2 aliphatic heterocycles. The van der Waals surface area contributed by atoms with E-state index in [4.69, 9.17) is 0 Å². The van der Waals surface area contributed by atoms with E-state index < -0.39 is 0 Å². The number of hydrogen-bond acceptors (Lipinski definition) is 3. The predicted octanol–water partition coefficient (Wildman–Crippen LogP) is 3.77. The van der Waals surface area contributed by atoms with Crippen molar-refractivity contribution in [2.45, 2.75) is 31.7 Å². The number of rotatable bonds is 4. The molecule has 4 rings (SSSR count). The van der Waals surface area contributed by atoms with E-state index >= 15 is 0 Å². The van der Waals surface area contributed by atoms with E-state index in [0.717, 1.165) is 31.7 Å². The van der Waals surface area contributed by atoms with Gasteiger partial charge in [0.15, 0.2) is 0 Å². The molecule has 0 spiro atoms. The summed E-state index contributed by atoms with van der Waals surface area (Å²) in [5, 5.41) is 0. The molecule has 2 saturated heterocycles. The van der Waals surface area contributed by atoms with Gasteiger partial charge in [0.2, 0.25) is 0 Å². The van der Waals surface area contributed by atoms with Crippen LogP contribution in [0.2, 0.25) is 0 Å². The molecular formula is C24H31N3O. The molecule has 0 aromatic heterocycles. The van der Waals surface area contributed by atoms with Crippen LogP contribution in [-0.4, -0.2) is 62.0 Å². The Balaban J connectivity index is 1.50. The Hall–Kier alpha value is -2.33. The van der Waals surface area contributed by atoms with E-state index in [1.54, 1.807) is 0 Å². The fourth-order valence-electron chi connectivity index (χ4n) is 4.59. The molecule has 2 aliphatic rings. The zero-order valence-electron chi connectivity index (χ0n) is 17.3. The van der Waals surface area contributed by atoms with Crippen LogP contribution in [0.4, 0.5) is 5.69 Å². The van der Waals surface area contributed by atoms with Crippen LogP contribution in [0.5, 0.6) is 0 Å². The average molecular weight is 378 g/mol. The zero-order valence-corrected chi connectivity index (χ0v) is 17.3. The van der Waals surface area contributed by atoms with Crippen molar-refractivity contribution in [1.29, 1.82) is 0 Å². The molecule has 2 atom stereocenters. The SMILES string of the molecule is Cc1ccc([C@@H]2CN(C(=O)c3ccc(N4CCCC4)cc3)C[C@H]2N(C)C)cc1. The molecule has 0 radical (unpaired) electrons. The highest BCUT2D eigenvalue weighted by atomic mass is 16.2. The van der Waals surface area contributed by atoms with Crippen molar-refractivity contribution in [3.8, 4) is 0 Å². The Morgan fingerprint density at radius 1 is 0.929 bits per heavy atom. The van der Waals surface area contributed by atoms with Crippen molar-refractivity contribution in [2.75, 3.05) is 45.2 Å². The van der Waals surface area contributed by atoms with Crippen LogP contribution in [0.3, 0.4) is 0 Å². The Morgan fingerprint density at radius 2 is 1.57 bits per heavy atom. The molecule has 1 amide bonds. The maximum atomic E-state index is 13.2. The Morgan fingerprint density at radius 3 is 2.18 bits per heavy atom. The Bertz CT molecular complexity index is 807. The highest BCUT2D eigenvalue weighted by Gasteiger charge is 2.37. The summed E-state index contributed by atoms with van der Waals surface area (Å²) in [7, 11) is 4.23. The van der Waals surface area contributed by atoms with Gasteiger partial charge < -0.3 is 14.7 Å². The Labute approximate surface area is 168 Å². The van der Waals surface area contributed by atoms with Crippen LogP contribution in [-0.2, 0) is 0 Å². The first-order valence-electron chi connectivity index (χ1n) is 10.4. The van der Waals surface area contributed by atoms with Crippen LogP contribution in [0.15, 0.2) is 48.5 Å². The molecule has 148 valence electrons. The number of nitrogens with zero attached hydrogens (tertiary/aromatic N) is 3. The molecule has 0 unspecified atom stereocenters. The summed E-state index contributed by atoms with van der Waals surface area (Å²) in [6.07, 6.45) is 2.53. The molecular weight excluding hydrogens is 346 g/mol. The lowest BCUT2D eigenvalue weighted by atomic mass is 9.93. The standard InChI is InChI=1S/C24H31N3O/c1-18-6-8-19(9-7-18)22-16-27(17-23(22)25(2)3)24(28)20-10-12-21(13-11-20)26-14-4-5-15-26/h6-13,22-23H,4-5,14-17H2,1-3H3/t22-,23+/m0/s1. The molecule has 2 aromatic carbocycles. The lowest BCUT2D eigenvalue weighted by molar-refractivity contribution is 0.0782. The van der Waals surface area contributed by atoms with E-state index in [9.17, 15) is 4.79 Å². The van der Waals surface area contributed by atoms with Gasteiger partial charge in [0, 0.05) is 49.4 Å². The number of likely N-dealkylation sites (tertiary alicyclic amines) is 1. The molecule has 4 nitrogen and oxygen atoms in total. The van der Waals surface area contributed by atoms with Crippen LogP contribution < -0.4 is 4.90 Å². The largest absolute Gasteiger partial charge is 0.372 e. The topological polar surface area (TPSA) is 26.8 Å². The van der Waals surface area contributed by atoms with Gasteiger partial charge in [-0.25, -0.2) is 0 Å². The lowest BCUT2D eigenvalue weighted by Crippen LogP contribution is -2.35. The maximum Gasteiger partial charge on any atom is 0.253 e. The fraction of sp³-hybridized carbons (Fsp3) is 0.458. The third kappa shape index (κ3) is 3.79. The molecule has 0 N–H and O–H groups in total. The third-order valence-electron chi connectivity index (χ3n) is 6.33. The first-order valence-corrected chi connectivity index (χ1v) is 10.4. The van der Waals surface area contributed by atoms with Gasteiger partial charge in [-0.1, -0.05) is 29.8 Å². The summed E-state index contributed by atoms with van der Waals surface area (Å²) in [6, 6.07) is 17.3. The highest BCUT2D eigenvalue weighted by molar-refractivity contribution is 5.95. The van der Waals surface area contributed by atoms with Gasteiger partial charge in [-0.05, 0) is 63.7 Å². The molecule has 0 bridgehead atoms. The van der Waals surface area contributed by atoms with E-state index in [1.807, 2.05) is 17.0 Å². The second kappa shape index (κ2) is 7.96. The second-order valence-corrected chi connectivity index (χ2v) is 8.50. The number of carbonyl (C=O) groups excluding carboxylic acids is 1. The minimum Gasteiger partial charge on any atom is -0.372 e. The van der Waals surface area contributed by atoms with Crippen molar-refractivity contribution >= 4 is 11.6 Å². The summed E-state index contributed by atoms with van der Waals surface area (Å²) in [5.41, 5.74) is 4.63. The van der Waals surface area contributed by atoms with Crippen LogP contribution >= 0.6 is 0 Å². The number of aryl methyl sites for hydroxylation is 1. The molecule has 0 saturated carbocycles. The van der Waals surface area contributed by atoms with Gasteiger partial charge in [-0.3, -0.25) is 4.79 Å². The molecule has 2 heterocycles. The lowest BCUT2D eigenvalue weighted by Gasteiger charge is -2.25. The smallest absolute Gasteiger partial charge is 0.253 e. The van der Waals surface area contributed by atoms with E-state index in [2.05, 4.69) is 67.2 Å². The van der Waals surface area contributed by atoms with Gasteiger partial charge >= 0.3 is 0 Å². The predicted molar refractivity (Wildman–Crippen MR) is 115 cm³/mol. The number of benzene rings is 2. The third-order valence-corrected chi connectivity index (χ3v) is 6.33.